The van der Waals surface area contributed by atoms with Crippen molar-refractivity contribution in [3.63, 3.8) is 0 Å². The number of rotatable bonds is 3. The van der Waals surface area contributed by atoms with Gasteiger partial charge in [-0.05, 0) is 28.6 Å². The quantitative estimate of drug-likeness (QED) is 0.484. The van der Waals surface area contributed by atoms with E-state index in [1.54, 1.807) is 0 Å². The van der Waals surface area contributed by atoms with Gasteiger partial charge < -0.3 is 4.74 Å². The van der Waals surface area contributed by atoms with E-state index in [1.165, 1.54) is 11.1 Å². The SMILES string of the molecule is c1ccc(Oc2cc3cccc(-c4ccccc4)c3cn2)cc1. The number of hydrogen-bond donors (Lipinski definition) is 0. The van der Waals surface area contributed by atoms with Crippen molar-refractivity contribution in [2.45, 2.75) is 0 Å². The summed E-state index contributed by atoms with van der Waals surface area (Å²) in [6.45, 7) is 0. The van der Waals surface area contributed by atoms with E-state index in [-0.39, 0.29) is 0 Å². The van der Waals surface area contributed by atoms with Crippen LogP contribution in [0.4, 0.5) is 0 Å². The van der Waals surface area contributed by atoms with Gasteiger partial charge in [0.15, 0.2) is 0 Å². The van der Waals surface area contributed by atoms with Gasteiger partial charge in [-0.2, -0.15) is 0 Å². The largest absolute Gasteiger partial charge is 0.439 e. The van der Waals surface area contributed by atoms with Crippen LogP contribution in [0.25, 0.3) is 21.9 Å². The zero-order chi connectivity index (χ0) is 15.5. The number of nitrogens with zero attached hydrogens (tertiary/aromatic N) is 1. The van der Waals surface area contributed by atoms with E-state index in [9.17, 15) is 0 Å². The molecular formula is C21H15NO. The summed E-state index contributed by atoms with van der Waals surface area (Å²) in [5.41, 5.74) is 2.37. The zero-order valence-electron chi connectivity index (χ0n) is 12.5. The van der Waals surface area contributed by atoms with Gasteiger partial charge in [0.05, 0.1) is 0 Å². The van der Waals surface area contributed by atoms with Crippen LogP contribution in [0.1, 0.15) is 0 Å². The Morgan fingerprint density at radius 1 is 0.696 bits per heavy atom. The molecule has 4 aromatic rings. The number of pyridine rings is 1. The van der Waals surface area contributed by atoms with E-state index in [1.807, 2.05) is 48.7 Å². The highest BCUT2D eigenvalue weighted by Gasteiger charge is 2.06. The van der Waals surface area contributed by atoms with Gasteiger partial charge in [0.1, 0.15) is 5.75 Å². The van der Waals surface area contributed by atoms with Gasteiger partial charge in [-0.1, -0.05) is 66.7 Å². The number of aromatic nitrogens is 1. The molecule has 0 aliphatic heterocycles. The number of ether oxygens (including phenoxy) is 1. The maximum Gasteiger partial charge on any atom is 0.219 e. The van der Waals surface area contributed by atoms with Crippen LogP contribution in [0, 0.1) is 0 Å². The molecule has 0 saturated carbocycles. The monoisotopic (exact) mass is 297 g/mol. The predicted molar refractivity (Wildman–Crippen MR) is 93.7 cm³/mol. The first-order chi connectivity index (χ1) is 11.4. The molecule has 3 aromatic carbocycles. The molecule has 0 aliphatic carbocycles. The average molecular weight is 297 g/mol. The molecule has 2 heteroatoms. The van der Waals surface area contributed by atoms with Crippen LogP contribution >= 0.6 is 0 Å². The van der Waals surface area contributed by atoms with Crippen LogP contribution < -0.4 is 4.74 Å². The van der Waals surface area contributed by atoms with Crippen LogP contribution in [0.3, 0.4) is 0 Å². The van der Waals surface area contributed by atoms with Crippen LogP contribution in [-0.4, -0.2) is 4.98 Å². The molecule has 0 saturated heterocycles. The van der Waals surface area contributed by atoms with Crippen molar-refractivity contribution in [2.24, 2.45) is 0 Å². The standard InChI is InChI=1S/C21H15NO/c1-3-8-16(9-4-1)19-13-7-10-17-14-21(22-15-20(17)19)23-18-11-5-2-6-12-18/h1-15H. The fraction of sp³-hybridized carbons (Fsp3) is 0. The summed E-state index contributed by atoms with van der Waals surface area (Å²) in [6, 6.07) is 28.3. The van der Waals surface area contributed by atoms with Crippen LogP contribution in [0.2, 0.25) is 0 Å². The Morgan fingerprint density at radius 2 is 1.43 bits per heavy atom. The summed E-state index contributed by atoms with van der Waals surface area (Å²) in [5, 5.41) is 2.24. The number of para-hydroxylation sites is 1. The Labute approximate surface area is 135 Å². The maximum atomic E-state index is 5.82. The van der Waals surface area contributed by atoms with Crippen LogP contribution in [0.5, 0.6) is 11.6 Å². The molecule has 1 aromatic heterocycles. The second kappa shape index (κ2) is 5.93. The summed E-state index contributed by atoms with van der Waals surface area (Å²) >= 11 is 0. The summed E-state index contributed by atoms with van der Waals surface area (Å²) in [5.74, 6) is 1.40. The van der Waals surface area contributed by atoms with Crippen molar-refractivity contribution in [1.29, 1.82) is 0 Å². The Morgan fingerprint density at radius 3 is 2.22 bits per heavy atom. The molecule has 0 amide bonds. The van der Waals surface area contributed by atoms with Gasteiger partial charge >= 0.3 is 0 Å². The first-order valence-corrected chi connectivity index (χ1v) is 7.57. The lowest BCUT2D eigenvalue weighted by Crippen LogP contribution is -1.89. The summed E-state index contributed by atoms with van der Waals surface area (Å²) in [6.07, 6.45) is 1.88. The van der Waals surface area contributed by atoms with Gasteiger partial charge in [-0.25, -0.2) is 4.98 Å². The second-order valence-corrected chi connectivity index (χ2v) is 5.33. The van der Waals surface area contributed by atoms with Crippen LogP contribution in [-0.2, 0) is 0 Å². The topological polar surface area (TPSA) is 22.1 Å². The molecule has 1 heterocycles. The molecule has 2 nitrogen and oxygen atoms in total. The smallest absolute Gasteiger partial charge is 0.219 e. The minimum Gasteiger partial charge on any atom is -0.439 e. The first-order valence-electron chi connectivity index (χ1n) is 7.57. The summed E-state index contributed by atoms with van der Waals surface area (Å²) < 4.78 is 5.82. The molecule has 0 atom stereocenters. The molecule has 0 N–H and O–H groups in total. The van der Waals surface area contributed by atoms with E-state index in [2.05, 4.69) is 47.4 Å². The van der Waals surface area contributed by atoms with Gasteiger partial charge in [0.25, 0.3) is 0 Å². The predicted octanol–water partition coefficient (Wildman–Crippen LogP) is 5.69. The minimum atomic E-state index is 0.605. The van der Waals surface area contributed by atoms with Crippen LogP contribution in [0.15, 0.2) is 91.1 Å². The van der Waals surface area contributed by atoms with Gasteiger partial charge in [0.2, 0.25) is 5.88 Å². The van der Waals surface area contributed by atoms with Crippen molar-refractivity contribution < 1.29 is 4.74 Å². The zero-order valence-corrected chi connectivity index (χ0v) is 12.5. The maximum absolute atomic E-state index is 5.82. The molecule has 0 bridgehead atoms. The van der Waals surface area contributed by atoms with Crippen molar-refractivity contribution >= 4 is 10.8 Å². The third kappa shape index (κ3) is 2.79. The van der Waals surface area contributed by atoms with Crippen molar-refractivity contribution in [3.05, 3.63) is 91.1 Å². The molecule has 110 valence electrons. The van der Waals surface area contributed by atoms with Gasteiger partial charge in [-0.3, -0.25) is 0 Å². The van der Waals surface area contributed by atoms with E-state index < -0.39 is 0 Å². The molecule has 0 unspecified atom stereocenters. The Hall–Kier alpha value is -3.13. The summed E-state index contributed by atoms with van der Waals surface area (Å²) in [4.78, 5) is 4.47. The normalized spacial score (nSPS) is 10.6. The van der Waals surface area contributed by atoms with E-state index in [0.29, 0.717) is 5.88 Å². The van der Waals surface area contributed by atoms with Crippen molar-refractivity contribution in [3.8, 4) is 22.8 Å². The molecule has 0 spiro atoms. The Bertz CT molecular complexity index is 933. The van der Waals surface area contributed by atoms with E-state index in [4.69, 9.17) is 4.74 Å². The molecule has 23 heavy (non-hydrogen) atoms. The van der Waals surface area contributed by atoms with Gasteiger partial charge in [-0.15, -0.1) is 0 Å². The number of benzene rings is 3. The number of fused-ring (bicyclic) bond motifs is 1. The highest BCUT2D eigenvalue weighted by Crippen LogP contribution is 2.30. The fourth-order valence-corrected chi connectivity index (χ4v) is 2.69. The third-order valence-corrected chi connectivity index (χ3v) is 3.79. The summed E-state index contributed by atoms with van der Waals surface area (Å²) in [7, 11) is 0. The third-order valence-electron chi connectivity index (χ3n) is 3.79. The Balaban J connectivity index is 1.76. The van der Waals surface area contributed by atoms with Crippen molar-refractivity contribution in [2.75, 3.05) is 0 Å². The lowest BCUT2D eigenvalue weighted by molar-refractivity contribution is 0.464. The Kier molecular flexibility index (Phi) is 3.49. The fourth-order valence-electron chi connectivity index (χ4n) is 2.69. The number of hydrogen-bond acceptors (Lipinski definition) is 2. The van der Waals surface area contributed by atoms with E-state index in [0.717, 1.165) is 16.5 Å². The molecule has 0 aliphatic rings. The van der Waals surface area contributed by atoms with E-state index >= 15 is 0 Å². The van der Waals surface area contributed by atoms with Gasteiger partial charge in [0, 0.05) is 17.6 Å². The molecule has 0 radical (unpaired) electrons. The molecule has 4 rings (SSSR count). The highest BCUT2D eigenvalue weighted by atomic mass is 16.5. The lowest BCUT2D eigenvalue weighted by Gasteiger charge is -2.09. The average Bonchev–Trinajstić information content (AvgIpc) is 2.63. The molecular weight excluding hydrogens is 282 g/mol. The minimum absolute atomic E-state index is 0.605. The lowest BCUT2D eigenvalue weighted by atomic mass is 10.00. The second-order valence-electron chi connectivity index (χ2n) is 5.33. The highest BCUT2D eigenvalue weighted by molar-refractivity contribution is 5.96. The molecule has 0 fully saturated rings. The van der Waals surface area contributed by atoms with Crippen molar-refractivity contribution in [1.82, 2.24) is 4.98 Å². The first kappa shape index (κ1) is 13.5.